The minimum atomic E-state index is -0.0447. The SMILES string of the molecule is CC(=O)c1ccc(NC(=O)N2CC[C@@H]3CNC[C@@H]32)cc1. The van der Waals surface area contributed by atoms with E-state index in [0.717, 1.165) is 31.7 Å². The molecule has 0 radical (unpaired) electrons. The number of carbonyl (C=O) groups excluding carboxylic acids is 2. The molecular weight excluding hydrogens is 254 g/mol. The molecule has 3 rings (SSSR count). The number of urea groups is 1. The first-order chi connectivity index (χ1) is 9.65. The van der Waals surface area contributed by atoms with Gasteiger partial charge in [-0.05, 0) is 43.5 Å². The fourth-order valence-electron chi connectivity index (χ4n) is 3.08. The number of hydrogen-bond donors (Lipinski definition) is 2. The number of benzene rings is 1. The van der Waals surface area contributed by atoms with Crippen LogP contribution in [0.1, 0.15) is 23.7 Å². The second-order valence-corrected chi connectivity index (χ2v) is 5.53. The monoisotopic (exact) mass is 273 g/mol. The molecule has 1 aromatic carbocycles. The molecule has 0 aliphatic carbocycles. The van der Waals surface area contributed by atoms with Crippen molar-refractivity contribution in [3.63, 3.8) is 0 Å². The maximum atomic E-state index is 12.3. The molecule has 5 nitrogen and oxygen atoms in total. The Hall–Kier alpha value is -1.88. The molecule has 106 valence electrons. The minimum Gasteiger partial charge on any atom is -0.320 e. The number of ketones is 1. The van der Waals surface area contributed by atoms with E-state index in [1.54, 1.807) is 24.3 Å². The van der Waals surface area contributed by atoms with Crippen molar-refractivity contribution in [2.45, 2.75) is 19.4 Å². The Morgan fingerprint density at radius 2 is 2.00 bits per heavy atom. The predicted octanol–water partition coefficient (Wildman–Crippen LogP) is 1.71. The lowest BCUT2D eigenvalue weighted by atomic mass is 10.1. The molecule has 0 bridgehead atoms. The molecule has 0 saturated carbocycles. The second kappa shape index (κ2) is 5.25. The zero-order chi connectivity index (χ0) is 14.1. The Bertz CT molecular complexity index is 526. The van der Waals surface area contributed by atoms with Crippen molar-refractivity contribution in [1.82, 2.24) is 10.2 Å². The van der Waals surface area contributed by atoms with Crippen LogP contribution in [0.4, 0.5) is 10.5 Å². The lowest BCUT2D eigenvalue weighted by Crippen LogP contribution is -2.41. The topological polar surface area (TPSA) is 61.4 Å². The Labute approximate surface area is 118 Å². The summed E-state index contributed by atoms with van der Waals surface area (Å²) in [7, 11) is 0. The van der Waals surface area contributed by atoms with Crippen LogP contribution in [-0.4, -0.2) is 42.4 Å². The molecule has 0 unspecified atom stereocenters. The lowest BCUT2D eigenvalue weighted by molar-refractivity contribution is 0.101. The Morgan fingerprint density at radius 3 is 2.70 bits per heavy atom. The molecule has 0 aromatic heterocycles. The molecular formula is C15H19N3O2. The van der Waals surface area contributed by atoms with E-state index in [4.69, 9.17) is 0 Å². The minimum absolute atomic E-state index is 0.0299. The molecule has 0 spiro atoms. The van der Waals surface area contributed by atoms with Crippen molar-refractivity contribution in [3.05, 3.63) is 29.8 Å². The highest BCUT2D eigenvalue weighted by atomic mass is 16.2. The van der Waals surface area contributed by atoms with Crippen LogP contribution >= 0.6 is 0 Å². The normalized spacial score (nSPS) is 24.6. The number of amides is 2. The Morgan fingerprint density at radius 1 is 1.25 bits per heavy atom. The number of nitrogens with zero attached hydrogens (tertiary/aromatic N) is 1. The van der Waals surface area contributed by atoms with Crippen molar-refractivity contribution in [2.24, 2.45) is 5.92 Å². The Kier molecular flexibility index (Phi) is 3.44. The fourth-order valence-corrected chi connectivity index (χ4v) is 3.08. The average Bonchev–Trinajstić information content (AvgIpc) is 3.01. The maximum Gasteiger partial charge on any atom is 0.322 e. The van der Waals surface area contributed by atoms with E-state index in [2.05, 4.69) is 10.6 Å². The van der Waals surface area contributed by atoms with Gasteiger partial charge in [0.2, 0.25) is 0 Å². The van der Waals surface area contributed by atoms with Gasteiger partial charge in [0.25, 0.3) is 0 Å². The molecule has 2 amide bonds. The van der Waals surface area contributed by atoms with Crippen LogP contribution in [0.25, 0.3) is 0 Å². The van der Waals surface area contributed by atoms with Crippen LogP contribution < -0.4 is 10.6 Å². The van der Waals surface area contributed by atoms with Crippen molar-refractivity contribution in [2.75, 3.05) is 25.0 Å². The molecule has 2 fully saturated rings. The molecule has 20 heavy (non-hydrogen) atoms. The highest BCUT2D eigenvalue weighted by Gasteiger charge is 2.39. The van der Waals surface area contributed by atoms with Crippen LogP contribution in [0.3, 0.4) is 0 Å². The quantitative estimate of drug-likeness (QED) is 0.806. The van der Waals surface area contributed by atoms with Crippen LogP contribution in [0.15, 0.2) is 24.3 Å². The number of hydrogen-bond acceptors (Lipinski definition) is 3. The first-order valence-corrected chi connectivity index (χ1v) is 7.04. The summed E-state index contributed by atoms with van der Waals surface area (Å²) in [5, 5.41) is 6.24. The van der Waals surface area contributed by atoms with Crippen molar-refractivity contribution >= 4 is 17.5 Å². The molecule has 1 aromatic rings. The highest BCUT2D eigenvalue weighted by Crippen LogP contribution is 2.27. The van der Waals surface area contributed by atoms with Gasteiger partial charge in [0.1, 0.15) is 0 Å². The summed E-state index contributed by atoms with van der Waals surface area (Å²) in [4.78, 5) is 25.4. The maximum absolute atomic E-state index is 12.3. The van der Waals surface area contributed by atoms with Crippen LogP contribution in [-0.2, 0) is 0 Å². The van der Waals surface area contributed by atoms with Crippen molar-refractivity contribution < 1.29 is 9.59 Å². The molecule has 5 heteroatoms. The van der Waals surface area contributed by atoms with Gasteiger partial charge >= 0.3 is 6.03 Å². The molecule has 2 heterocycles. The molecule has 2 aliphatic heterocycles. The number of anilines is 1. The summed E-state index contributed by atoms with van der Waals surface area (Å²) in [6.07, 6.45) is 1.08. The van der Waals surface area contributed by atoms with Crippen LogP contribution in [0.5, 0.6) is 0 Å². The summed E-state index contributed by atoms with van der Waals surface area (Å²) >= 11 is 0. The lowest BCUT2D eigenvalue weighted by Gasteiger charge is -2.23. The van der Waals surface area contributed by atoms with Gasteiger partial charge in [0.15, 0.2) is 5.78 Å². The van der Waals surface area contributed by atoms with Gasteiger partial charge in [0, 0.05) is 36.9 Å². The highest BCUT2D eigenvalue weighted by molar-refractivity contribution is 5.95. The average molecular weight is 273 g/mol. The summed E-state index contributed by atoms with van der Waals surface area (Å²) in [5.74, 6) is 0.628. The smallest absolute Gasteiger partial charge is 0.320 e. The second-order valence-electron chi connectivity index (χ2n) is 5.53. The van der Waals surface area contributed by atoms with E-state index in [9.17, 15) is 9.59 Å². The number of likely N-dealkylation sites (tertiary alicyclic amines) is 1. The van der Waals surface area contributed by atoms with Gasteiger partial charge in [-0.25, -0.2) is 4.79 Å². The van der Waals surface area contributed by atoms with Crippen molar-refractivity contribution in [3.8, 4) is 0 Å². The summed E-state index contributed by atoms with van der Waals surface area (Å²) < 4.78 is 0. The van der Waals surface area contributed by atoms with E-state index in [-0.39, 0.29) is 11.8 Å². The number of Topliss-reactive ketones (excluding diaryl/α,β-unsaturated/α-hetero) is 1. The first-order valence-electron chi connectivity index (χ1n) is 7.04. The van der Waals surface area contributed by atoms with Crippen molar-refractivity contribution in [1.29, 1.82) is 0 Å². The number of fused-ring (bicyclic) bond motifs is 1. The zero-order valence-electron chi connectivity index (χ0n) is 11.6. The van der Waals surface area contributed by atoms with Gasteiger partial charge in [-0.3, -0.25) is 4.79 Å². The van der Waals surface area contributed by atoms with Gasteiger partial charge in [-0.2, -0.15) is 0 Å². The molecule has 2 atom stereocenters. The number of carbonyl (C=O) groups is 2. The Balaban J connectivity index is 1.65. The standard InChI is InChI=1S/C15H19N3O2/c1-10(19)11-2-4-13(5-3-11)17-15(20)18-7-6-12-8-16-9-14(12)18/h2-5,12,14,16H,6-9H2,1H3,(H,17,20)/t12-,14+/m1/s1. The van der Waals surface area contributed by atoms with Crippen LogP contribution in [0, 0.1) is 5.92 Å². The summed E-state index contributed by atoms with van der Waals surface area (Å²) in [5.41, 5.74) is 1.39. The van der Waals surface area contributed by atoms with Gasteiger partial charge in [-0.15, -0.1) is 0 Å². The number of rotatable bonds is 2. The number of nitrogens with one attached hydrogen (secondary N) is 2. The van der Waals surface area contributed by atoms with Crippen LogP contribution in [0.2, 0.25) is 0 Å². The largest absolute Gasteiger partial charge is 0.322 e. The third-order valence-electron chi connectivity index (χ3n) is 4.25. The molecule has 2 saturated heterocycles. The predicted molar refractivity (Wildman–Crippen MR) is 76.9 cm³/mol. The third kappa shape index (κ3) is 2.41. The molecule has 2 aliphatic rings. The third-order valence-corrected chi connectivity index (χ3v) is 4.25. The van der Waals surface area contributed by atoms with Gasteiger partial charge in [-0.1, -0.05) is 0 Å². The van der Waals surface area contributed by atoms with Gasteiger partial charge < -0.3 is 15.5 Å². The van der Waals surface area contributed by atoms with E-state index >= 15 is 0 Å². The molecule has 2 N–H and O–H groups in total. The van der Waals surface area contributed by atoms with E-state index < -0.39 is 0 Å². The zero-order valence-corrected chi connectivity index (χ0v) is 11.6. The first kappa shape index (κ1) is 13.1. The fraction of sp³-hybridized carbons (Fsp3) is 0.467. The van der Waals surface area contributed by atoms with E-state index in [1.807, 2.05) is 4.90 Å². The van der Waals surface area contributed by atoms with E-state index in [1.165, 1.54) is 6.92 Å². The summed E-state index contributed by atoms with van der Waals surface area (Å²) in [6.45, 7) is 4.27. The summed E-state index contributed by atoms with van der Waals surface area (Å²) in [6, 6.07) is 7.30. The van der Waals surface area contributed by atoms with E-state index in [0.29, 0.717) is 17.5 Å². The van der Waals surface area contributed by atoms with Gasteiger partial charge in [0.05, 0.1) is 0 Å².